The van der Waals surface area contributed by atoms with Crippen molar-refractivity contribution in [2.75, 3.05) is 0 Å². The molecule has 3 nitrogen and oxygen atoms in total. The van der Waals surface area contributed by atoms with Crippen molar-refractivity contribution < 1.29 is 22.1 Å². The fraction of sp³-hybridized carbons (Fsp3) is 0.200. The molecule has 0 saturated carbocycles. The summed E-state index contributed by atoms with van der Waals surface area (Å²) < 4.78 is 55.5. The highest BCUT2D eigenvalue weighted by molar-refractivity contribution is 6.16. The molecule has 1 aromatic carbocycles. The Morgan fingerprint density at radius 3 is 2.56 bits per heavy atom. The Kier molecular flexibility index (Phi) is 3.25. The van der Waals surface area contributed by atoms with Gasteiger partial charge in [0.1, 0.15) is 5.82 Å². The van der Waals surface area contributed by atoms with Crippen LogP contribution in [0.1, 0.15) is 11.4 Å². The van der Waals surface area contributed by atoms with Crippen LogP contribution < -0.4 is 0 Å². The molecular weight excluding hydrogens is 276 g/mol. The highest BCUT2D eigenvalue weighted by Gasteiger charge is 2.31. The van der Waals surface area contributed by atoms with Crippen molar-refractivity contribution in [3.8, 4) is 11.5 Å². The molecule has 18 heavy (non-hydrogen) atoms. The van der Waals surface area contributed by atoms with E-state index in [1.807, 2.05) is 0 Å². The molecule has 1 heterocycles. The lowest BCUT2D eigenvalue weighted by molar-refractivity contribution is -0.137. The average Bonchev–Trinajstić information content (AvgIpc) is 2.76. The minimum Gasteiger partial charge on any atom is -0.334 e. The largest absolute Gasteiger partial charge is 0.416 e. The van der Waals surface area contributed by atoms with Crippen LogP contribution in [0.3, 0.4) is 0 Å². The standard InChI is InChI=1S/C10H5ClF4N2O/c11-4-8-16-9(18-17-8)6-3-5(10(13,14)15)1-2-7(6)12/h1-3H,4H2. The van der Waals surface area contributed by atoms with E-state index in [9.17, 15) is 17.6 Å². The molecule has 0 radical (unpaired) electrons. The minimum atomic E-state index is -4.57. The van der Waals surface area contributed by atoms with Gasteiger partial charge in [0, 0.05) is 0 Å². The summed E-state index contributed by atoms with van der Waals surface area (Å²) in [5.74, 6) is -1.23. The number of hydrogen-bond donors (Lipinski definition) is 0. The predicted octanol–water partition coefficient (Wildman–Crippen LogP) is 3.63. The number of aromatic nitrogens is 2. The van der Waals surface area contributed by atoms with Gasteiger partial charge >= 0.3 is 6.18 Å². The fourth-order valence-electron chi connectivity index (χ4n) is 1.28. The fourth-order valence-corrected chi connectivity index (χ4v) is 1.39. The van der Waals surface area contributed by atoms with Crippen molar-refractivity contribution in [3.05, 3.63) is 35.4 Å². The van der Waals surface area contributed by atoms with Gasteiger partial charge in [-0.05, 0) is 18.2 Å². The van der Waals surface area contributed by atoms with Crippen LogP contribution in [0.5, 0.6) is 0 Å². The minimum absolute atomic E-state index is 0.0727. The van der Waals surface area contributed by atoms with Crippen LogP contribution in [0.25, 0.3) is 11.5 Å². The SMILES string of the molecule is Fc1ccc(C(F)(F)F)cc1-c1nc(CCl)no1. The Morgan fingerprint density at radius 1 is 1.28 bits per heavy atom. The Balaban J connectivity index is 2.49. The lowest BCUT2D eigenvalue weighted by atomic mass is 10.1. The third-order valence-electron chi connectivity index (χ3n) is 2.11. The molecule has 96 valence electrons. The summed E-state index contributed by atoms with van der Waals surface area (Å²) in [5, 5.41) is 3.38. The number of hydrogen-bond acceptors (Lipinski definition) is 3. The highest BCUT2D eigenvalue weighted by atomic mass is 35.5. The van der Waals surface area contributed by atoms with E-state index in [1.165, 1.54) is 0 Å². The van der Waals surface area contributed by atoms with Crippen LogP contribution in [0, 0.1) is 5.82 Å². The van der Waals surface area contributed by atoms with Gasteiger partial charge < -0.3 is 4.52 Å². The van der Waals surface area contributed by atoms with Crippen molar-refractivity contribution >= 4 is 11.6 Å². The lowest BCUT2D eigenvalue weighted by Crippen LogP contribution is -2.05. The smallest absolute Gasteiger partial charge is 0.334 e. The zero-order valence-corrected chi connectivity index (χ0v) is 9.39. The number of alkyl halides is 4. The van der Waals surface area contributed by atoms with Gasteiger partial charge in [0.05, 0.1) is 17.0 Å². The molecule has 0 amide bonds. The monoisotopic (exact) mass is 280 g/mol. The maximum absolute atomic E-state index is 13.4. The maximum atomic E-state index is 13.4. The second-order valence-corrected chi connectivity index (χ2v) is 3.61. The van der Waals surface area contributed by atoms with Crippen LogP contribution in [-0.2, 0) is 12.1 Å². The summed E-state index contributed by atoms with van der Waals surface area (Å²) in [6.07, 6.45) is -4.57. The average molecular weight is 281 g/mol. The third-order valence-corrected chi connectivity index (χ3v) is 2.35. The Labute approximate surface area is 103 Å². The van der Waals surface area contributed by atoms with Gasteiger partial charge in [-0.1, -0.05) is 5.16 Å². The molecule has 0 spiro atoms. The van der Waals surface area contributed by atoms with E-state index in [1.54, 1.807) is 0 Å². The zero-order chi connectivity index (χ0) is 13.3. The Hall–Kier alpha value is -1.63. The van der Waals surface area contributed by atoms with E-state index >= 15 is 0 Å². The third kappa shape index (κ3) is 2.45. The van der Waals surface area contributed by atoms with Gasteiger partial charge in [-0.3, -0.25) is 0 Å². The molecule has 0 atom stereocenters. The molecule has 0 N–H and O–H groups in total. The second kappa shape index (κ2) is 4.56. The van der Waals surface area contributed by atoms with Crippen LogP contribution >= 0.6 is 11.6 Å². The molecule has 1 aromatic heterocycles. The first-order valence-electron chi connectivity index (χ1n) is 4.67. The van der Waals surface area contributed by atoms with Crippen molar-refractivity contribution in [3.63, 3.8) is 0 Å². The number of rotatable bonds is 2. The van der Waals surface area contributed by atoms with Crippen molar-refractivity contribution in [1.82, 2.24) is 10.1 Å². The maximum Gasteiger partial charge on any atom is 0.416 e. The first-order valence-corrected chi connectivity index (χ1v) is 5.21. The van der Waals surface area contributed by atoms with Gasteiger partial charge in [-0.25, -0.2) is 4.39 Å². The van der Waals surface area contributed by atoms with Crippen molar-refractivity contribution in [2.45, 2.75) is 12.1 Å². The van der Waals surface area contributed by atoms with Crippen molar-refractivity contribution in [2.24, 2.45) is 0 Å². The van der Waals surface area contributed by atoms with Crippen LogP contribution in [0.15, 0.2) is 22.7 Å². The van der Waals surface area contributed by atoms with Gasteiger partial charge in [-0.15, -0.1) is 11.6 Å². The molecule has 2 aromatic rings. The molecular formula is C10H5ClF4N2O. The summed E-state index contributed by atoms with van der Waals surface area (Å²) in [4.78, 5) is 3.67. The molecule has 0 bridgehead atoms. The molecule has 0 aliphatic rings. The lowest BCUT2D eigenvalue weighted by Gasteiger charge is -2.07. The molecule has 0 aliphatic carbocycles. The van der Waals surface area contributed by atoms with E-state index in [0.717, 1.165) is 0 Å². The number of halogens is 5. The van der Waals surface area contributed by atoms with Crippen LogP contribution in [0.2, 0.25) is 0 Å². The highest BCUT2D eigenvalue weighted by Crippen LogP contribution is 2.33. The normalized spacial score (nSPS) is 11.8. The summed E-state index contributed by atoms with van der Waals surface area (Å²) in [5.41, 5.74) is -1.40. The van der Waals surface area contributed by atoms with Gasteiger partial charge in [0.2, 0.25) is 0 Å². The van der Waals surface area contributed by atoms with E-state index < -0.39 is 23.1 Å². The molecule has 0 aliphatic heterocycles. The van der Waals surface area contributed by atoms with Gasteiger partial charge in [0.15, 0.2) is 5.82 Å². The molecule has 0 fully saturated rings. The summed E-state index contributed by atoms with van der Waals surface area (Å²) in [6.45, 7) is 0. The van der Waals surface area contributed by atoms with Gasteiger partial charge in [0.25, 0.3) is 5.89 Å². The number of nitrogens with zero attached hydrogens (tertiary/aromatic N) is 2. The predicted molar refractivity (Wildman–Crippen MR) is 54.3 cm³/mol. The van der Waals surface area contributed by atoms with Crippen molar-refractivity contribution in [1.29, 1.82) is 0 Å². The first-order chi connectivity index (χ1) is 8.41. The topological polar surface area (TPSA) is 38.9 Å². The molecule has 0 unspecified atom stereocenters. The first kappa shape index (κ1) is 12.8. The van der Waals surface area contributed by atoms with E-state index in [-0.39, 0.29) is 17.6 Å². The quantitative estimate of drug-likeness (QED) is 0.623. The summed E-state index contributed by atoms with van der Waals surface area (Å²) in [6, 6.07) is 1.95. The molecule has 8 heteroatoms. The summed E-state index contributed by atoms with van der Waals surface area (Å²) in [7, 11) is 0. The van der Waals surface area contributed by atoms with Gasteiger partial charge in [-0.2, -0.15) is 18.2 Å². The van der Waals surface area contributed by atoms with E-state index in [0.29, 0.717) is 18.2 Å². The number of benzene rings is 1. The molecule has 0 saturated heterocycles. The van der Waals surface area contributed by atoms with E-state index in [2.05, 4.69) is 14.7 Å². The Morgan fingerprint density at radius 2 is 2.00 bits per heavy atom. The zero-order valence-electron chi connectivity index (χ0n) is 8.63. The second-order valence-electron chi connectivity index (χ2n) is 3.34. The van der Waals surface area contributed by atoms with E-state index in [4.69, 9.17) is 11.6 Å². The Bertz CT molecular complexity index is 567. The van der Waals surface area contributed by atoms with Crippen LogP contribution in [-0.4, -0.2) is 10.1 Å². The van der Waals surface area contributed by atoms with Crippen LogP contribution in [0.4, 0.5) is 17.6 Å². The molecule has 2 rings (SSSR count). The summed E-state index contributed by atoms with van der Waals surface area (Å²) >= 11 is 5.41.